The molecular formula is C19H29N3O2. The average Bonchev–Trinajstić information content (AvgIpc) is 2.58. The maximum atomic E-state index is 12.4. The molecule has 1 heterocycles. The first kappa shape index (κ1) is 18.5. The van der Waals surface area contributed by atoms with Crippen molar-refractivity contribution in [2.45, 2.75) is 39.7 Å². The van der Waals surface area contributed by atoms with E-state index in [2.05, 4.69) is 10.2 Å². The second kappa shape index (κ2) is 8.83. The minimum absolute atomic E-state index is 0.00534. The highest BCUT2D eigenvalue weighted by Crippen LogP contribution is 2.13. The Morgan fingerprint density at radius 1 is 1.17 bits per heavy atom. The fraction of sp³-hybridized carbons (Fsp3) is 0.579. The number of carbonyl (C=O) groups excluding carboxylic acids is 2. The molecule has 24 heavy (non-hydrogen) atoms. The number of hydrogen-bond acceptors (Lipinski definition) is 3. The summed E-state index contributed by atoms with van der Waals surface area (Å²) in [6.45, 7) is 9.69. The van der Waals surface area contributed by atoms with Gasteiger partial charge in [-0.25, -0.2) is 0 Å². The van der Waals surface area contributed by atoms with Crippen LogP contribution in [-0.4, -0.2) is 60.4 Å². The van der Waals surface area contributed by atoms with Crippen molar-refractivity contribution < 1.29 is 9.59 Å². The normalized spacial score (nSPS) is 16.0. The second-order valence-electron chi connectivity index (χ2n) is 6.40. The lowest BCUT2D eigenvalue weighted by Crippen LogP contribution is -2.48. The van der Waals surface area contributed by atoms with Gasteiger partial charge in [-0.1, -0.05) is 18.2 Å². The Kier molecular flexibility index (Phi) is 6.79. The fourth-order valence-electron chi connectivity index (χ4n) is 3.19. The molecule has 132 valence electrons. The number of amides is 2. The minimum atomic E-state index is 0.00534. The van der Waals surface area contributed by atoms with Gasteiger partial charge in [0.25, 0.3) is 5.91 Å². The average molecular weight is 331 g/mol. The molecular weight excluding hydrogens is 302 g/mol. The van der Waals surface area contributed by atoms with E-state index >= 15 is 0 Å². The van der Waals surface area contributed by atoms with Crippen molar-refractivity contribution in [1.29, 1.82) is 0 Å². The van der Waals surface area contributed by atoms with Crippen LogP contribution in [0, 0.1) is 6.92 Å². The number of nitrogens with zero attached hydrogens (tertiary/aromatic N) is 2. The summed E-state index contributed by atoms with van der Waals surface area (Å²) in [5.41, 5.74) is 1.74. The van der Waals surface area contributed by atoms with E-state index in [4.69, 9.17) is 0 Å². The number of benzene rings is 1. The Balaban J connectivity index is 1.80. The summed E-state index contributed by atoms with van der Waals surface area (Å²) in [4.78, 5) is 28.6. The summed E-state index contributed by atoms with van der Waals surface area (Å²) in [6, 6.07) is 7.84. The maximum Gasteiger partial charge on any atom is 0.251 e. The van der Waals surface area contributed by atoms with Gasteiger partial charge < -0.3 is 10.2 Å². The molecule has 1 aliphatic heterocycles. The Bertz CT molecular complexity index is 561. The van der Waals surface area contributed by atoms with Crippen LogP contribution in [0.1, 0.15) is 42.6 Å². The third-order valence-electron chi connectivity index (χ3n) is 4.79. The quantitative estimate of drug-likeness (QED) is 0.868. The van der Waals surface area contributed by atoms with Gasteiger partial charge in [-0.15, -0.1) is 0 Å². The van der Waals surface area contributed by atoms with Crippen LogP contribution >= 0.6 is 0 Å². The molecule has 1 aromatic rings. The number of hydrogen-bond donors (Lipinski definition) is 1. The van der Waals surface area contributed by atoms with Crippen LogP contribution in [0.5, 0.6) is 0 Å². The Labute approximate surface area is 145 Å². The summed E-state index contributed by atoms with van der Waals surface area (Å²) < 4.78 is 0. The van der Waals surface area contributed by atoms with Crippen molar-refractivity contribution in [2.75, 3.05) is 32.7 Å². The van der Waals surface area contributed by atoms with Crippen LogP contribution in [-0.2, 0) is 4.79 Å². The van der Waals surface area contributed by atoms with E-state index in [0.29, 0.717) is 6.54 Å². The highest BCUT2D eigenvalue weighted by Gasteiger charge is 2.23. The fourth-order valence-corrected chi connectivity index (χ4v) is 3.19. The Morgan fingerprint density at radius 2 is 1.79 bits per heavy atom. The summed E-state index contributed by atoms with van der Waals surface area (Å²) in [6.07, 6.45) is 1.78. The zero-order valence-corrected chi connectivity index (χ0v) is 15.0. The molecule has 5 nitrogen and oxygen atoms in total. The van der Waals surface area contributed by atoms with Crippen molar-refractivity contribution in [3.05, 3.63) is 35.4 Å². The molecule has 0 atom stereocenters. The molecule has 1 fully saturated rings. The van der Waals surface area contributed by atoms with Gasteiger partial charge in [-0.2, -0.15) is 0 Å². The minimum Gasteiger partial charge on any atom is -0.349 e. The van der Waals surface area contributed by atoms with Crippen molar-refractivity contribution >= 4 is 11.8 Å². The van der Waals surface area contributed by atoms with E-state index in [-0.39, 0.29) is 17.9 Å². The van der Waals surface area contributed by atoms with Gasteiger partial charge in [0.05, 0.1) is 6.54 Å². The first-order chi connectivity index (χ1) is 11.5. The van der Waals surface area contributed by atoms with Crippen molar-refractivity contribution in [3.8, 4) is 0 Å². The molecule has 2 amide bonds. The monoisotopic (exact) mass is 331 g/mol. The van der Waals surface area contributed by atoms with E-state index in [9.17, 15) is 9.59 Å². The van der Waals surface area contributed by atoms with Gasteiger partial charge in [0.15, 0.2) is 0 Å². The van der Waals surface area contributed by atoms with Crippen molar-refractivity contribution in [2.24, 2.45) is 0 Å². The SMILES string of the molecule is CCN(CC)C(=O)CN1CCC(NC(=O)c2ccccc2C)CC1. The molecule has 2 rings (SSSR count). The molecule has 0 bridgehead atoms. The van der Waals surface area contributed by atoms with Crippen LogP contribution in [0.4, 0.5) is 0 Å². The zero-order chi connectivity index (χ0) is 17.5. The van der Waals surface area contributed by atoms with Gasteiger partial charge in [0.2, 0.25) is 5.91 Å². The maximum absolute atomic E-state index is 12.4. The molecule has 1 N–H and O–H groups in total. The van der Waals surface area contributed by atoms with Crippen LogP contribution in [0.15, 0.2) is 24.3 Å². The molecule has 0 saturated carbocycles. The number of likely N-dealkylation sites (N-methyl/N-ethyl adjacent to an activating group) is 1. The summed E-state index contributed by atoms with van der Waals surface area (Å²) in [7, 11) is 0. The second-order valence-corrected chi connectivity index (χ2v) is 6.40. The predicted octanol–water partition coefficient (Wildman–Crippen LogP) is 2.06. The number of aryl methyl sites for hydroxylation is 1. The molecule has 0 radical (unpaired) electrons. The zero-order valence-electron chi connectivity index (χ0n) is 15.0. The predicted molar refractivity (Wildman–Crippen MR) is 96.0 cm³/mol. The van der Waals surface area contributed by atoms with Gasteiger partial charge >= 0.3 is 0 Å². The standard InChI is InChI=1S/C19H29N3O2/c1-4-22(5-2)18(23)14-21-12-10-16(11-13-21)20-19(24)17-9-7-6-8-15(17)3/h6-9,16H,4-5,10-14H2,1-3H3,(H,20,24). The summed E-state index contributed by atoms with van der Waals surface area (Å²) >= 11 is 0. The topological polar surface area (TPSA) is 52.7 Å². The first-order valence-electron chi connectivity index (χ1n) is 8.91. The van der Waals surface area contributed by atoms with E-state index in [0.717, 1.165) is 50.1 Å². The molecule has 5 heteroatoms. The molecule has 0 aliphatic carbocycles. The molecule has 0 spiro atoms. The smallest absolute Gasteiger partial charge is 0.251 e. The first-order valence-corrected chi connectivity index (χ1v) is 8.91. The van der Waals surface area contributed by atoms with Gasteiger partial charge in [-0.3, -0.25) is 14.5 Å². The lowest BCUT2D eigenvalue weighted by atomic mass is 10.0. The Hall–Kier alpha value is -1.88. The lowest BCUT2D eigenvalue weighted by Gasteiger charge is -2.33. The number of nitrogens with one attached hydrogen (secondary N) is 1. The number of piperidine rings is 1. The highest BCUT2D eigenvalue weighted by atomic mass is 16.2. The van der Waals surface area contributed by atoms with E-state index in [1.807, 2.05) is 49.9 Å². The van der Waals surface area contributed by atoms with E-state index < -0.39 is 0 Å². The van der Waals surface area contributed by atoms with E-state index in [1.165, 1.54) is 0 Å². The highest BCUT2D eigenvalue weighted by molar-refractivity contribution is 5.95. The Morgan fingerprint density at radius 3 is 2.38 bits per heavy atom. The van der Waals surface area contributed by atoms with Gasteiger partial charge in [-0.05, 0) is 45.2 Å². The van der Waals surface area contributed by atoms with Crippen LogP contribution in [0.3, 0.4) is 0 Å². The van der Waals surface area contributed by atoms with Gasteiger partial charge in [0, 0.05) is 37.8 Å². The summed E-state index contributed by atoms with van der Waals surface area (Å²) in [5.74, 6) is 0.202. The largest absolute Gasteiger partial charge is 0.349 e. The number of rotatable bonds is 6. The molecule has 0 aromatic heterocycles. The molecule has 1 saturated heterocycles. The molecule has 1 aromatic carbocycles. The summed E-state index contributed by atoms with van der Waals surface area (Å²) in [5, 5.41) is 3.13. The lowest BCUT2D eigenvalue weighted by molar-refractivity contribution is -0.132. The molecule has 0 unspecified atom stereocenters. The van der Waals surface area contributed by atoms with Crippen molar-refractivity contribution in [3.63, 3.8) is 0 Å². The van der Waals surface area contributed by atoms with Crippen molar-refractivity contribution in [1.82, 2.24) is 15.1 Å². The van der Waals surface area contributed by atoms with Crippen LogP contribution in [0.2, 0.25) is 0 Å². The van der Waals surface area contributed by atoms with Crippen LogP contribution < -0.4 is 5.32 Å². The van der Waals surface area contributed by atoms with Gasteiger partial charge in [0.1, 0.15) is 0 Å². The molecule has 1 aliphatic rings. The third-order valence-corrected chi connectivity index (χ3v) is 4.79. The van der Waals surface area contributed by atoms with E-state index in [1.54, 1.807) is 0 Å². The third kappa shape index (κ3) is 4.81. The number of carbonyl (C=O) groups is 2. The van der Waals surface area contributed by atoms with Crippen LogP contribution in [0.25, 0.3) is 0 Å². The number of likely N-dealkylation sites (tertiary alicyclic amines) is 1.